The number of hydrogen-bond acceptors (Lipinski definition) is 4. The van der Waals surface area contributed by atoms with Crippen LogP contribution in [0.25, 0.3) is 0 Å². The fourth-order valence-electron chi connectivity index (χ4n) is 2.65. The van der Waals surface area contributed by atoms with E-state index in [1.807, 2.05) is 4.90 Å². The molecular weight excluding hydrogens is 347 g/mol. The van der Waals surface area contributed by atoms with Crippen molar-refractivity contribution in [2.24, 2.45) is 5.92 Å². The number of nitrogens with one attached hydrogen (secondary N) is 1. The van der Waals surface area contributed by atoms with Crippen LogP contribution < -0.4 is 5.32 Å². The lowest BCUT2D eigenvalue weighted by molar-refractivity contribution is 0.0691. The zero-order chi connectivity index (χ0) is 17.1. The molecule has 0 spiro atoms. The third-order valence-electron chi connectivity index (χ3n) is 4.17. The van der Waals surface area contributed by atoms with E-state index in [0.717, 1.165) is 25.9 Å². The van der Waals surface area contributed by atoms with Crippen LogP contribution in [0.4, 0.5) is 11.5 Å². The molecule has 1 saturated heterocycles. The van der Waals surface area contributed by atoms with E-state index in [2.05, 4.69) is 22.2 Å². The Kier molecular flexibility index (Phi) is 5.21. The van der Waals surface area contributed by atoms with Crippen molar-refractivity contribution in [1.29, 1.82) is 0 Å². The monoisotopic (exact) mass is 364 g/mol. The van der Waals surface area contributed by atoms with Crippen LogP contribution in [0.15, 0.2) is 30.6 Å². The molecule has 0 saturated carbocycles. The van der Waals surface area contributed by atoms with Gasteiger partial charge in [-0.15, -0.1) is 0 Å². The van der Waals surface area contributed by atoms with Crippen LogP contribution in [0.5, 0.6) is 0 Å². The van der Waals surface area contributed by atoms with Crippen LogP contribution in [-0.2, 0) is 0 Å². The molecule has 1 aromatic carbocycles. The molecule has 1 N–H and O–H groups in total. The van der Waals surface area contributed by atoms with Crippen molar-refractivity contribution in [3.8, 4) is 0 Å². The molecule has 0 radical (unpaired) electrons. The van der Waals surface area contributed by atoms with Crippen molar-refractivity contribution in [2.75, 3.05) is 18.4 Å². The molecule has 1 aliphatic rings. The molecule has 1 amide bonds. The van der Waals surface area contributed by atoms with Crippen LogP contribution in [0, 0.1) is 5.92 Å². The first-order valence-electron chi connectivity index (χ1n) is 7.87. The lowest BCUT2D eigenvalue weighted by Gasteiger charge is -2.30. The first kappa shape index (κ1) is 17.0. The van der Waals surface area contributed by atoms with Crippen LogP contribution in [0.3, 0.4) is 0 Å². The molecule has 1 aliphatic heterocycles. The van der Waals surface area contributed by atoms with Crippen molar-refractivity contribution in [3.05, 3.63) is 46.3 Å². The van der Waals surface area contributed by atoms with E-state index in [1.54, 1.807) is 24.3 Å². The first-order chi connectivity index (χ1) is 11.5. The highest BCUT2D eigenvalue weighted by molar-refractivity contribution is 6.43. The second kappa shape index (κ2) is 7.36. The standard InChI is InChI=1S/C17H18Cl2N4O/c1-11-5-7-23(8-6-11)17(24)14-9-15(21-10-20-14)22-13-4-2-3-12(18)16(13)19/h2-4,9-11H,5-8H2,1H3,(H,20,21,22). The largest absolute Gasteiger partial charge is 0.339 e. The van der Waals surface area contributed by atoms with Gasteiger partial charge in [0.1, 0.15) is 17.8 Å². The van der Waals surface area contributed by atoms with Gasteiger partial charge in [0.15, 0.2) is 0 Å². The van der Waals surface area contributed by atoms with Gasteiger partial charge in [-0.2, -0.15) is 0 Å². The third-order valence-corrected chi connectivity index (χ3v) is 4.99. The summed E-state index contributed by atoms with van der Waals surface area (Å²) in [6, 6.07) is 6.93. The second-order valence-corrected chi connectivity index (χ2v) is 6.77. The zero-order valence-corrected chi connectivity index (χ0v) is 14.8. The van der Waals surface area contributed by atoms with Gasteiger partial charge in [0.2, 0.25) is 0 Å². The van der Waals surface area contributed by atoms with E-state index in [0.29, 0.717) is 33.2 Å². The average molecular weight is 365 g/mol. The number of benzene rings is 1. The molecule has 24 heavy (non-hydrogen) atoms. The summed E-state index contributed by atoms with van der Waals surface area (Å²) in [5.41, 5.74) is 1.01. The molecule has 1 fully saturated rings. The zero-order valence-electron chi connectivity index (χ0n) is 13.3. The quantitative estimate of drug-likeness (QED) is 0.876. The molecule has 1 aromatic heterocycles. The van der Waals surface area contributed by atoms with Crippen molar-refractivity contribution < 1.29 is 4.79 Å². The number of likely N-dealkylation sites (tertiary alicyclic amines) is 1. The average Bonchev–Trinajstić information content (AvgIpc) is 2.59. The van der Waals surface area contributed by atoms with Crippen molar-refractivity contribution in [3.63, 3.8) is 0 Å². The smallest absolute Gasteiger partial charge is 0.272 e. The van der Waals surface area contributed by atoms with Gasteiger partial charge in [0.05, 0.1) is 15.7 Å². The number of carbonyl (C=O) groups is 1. The molecule has 0 bridgehead atoms. The fourth-order valence-corrected chi connectivity index (χ4v) is 3.00. The number of aromatic nitrogens is 2. The maximum atomic E-state index is 12.6. The van der Waals surface area contributed by atoms with Gasteiger partial charge < -0.3 is 10.2 Å². The Hall–Kier alpha value is -1.85. The molecule has 0 unspecified atom stereocenters. The number of carbonyl (C=O) groups excluding carboxylic acids is 1. The van der Waals surface area contributed by atoms with Crippen molar-refractivity contribution in [1.82, 2.24) is 14.9 Å². The number of amides is 1. The Labute approximate surface area is 151 Å². The first-order valence-corrected chi connectivity index (χ1v) is 8.62. The highest BCUT2D eigenvalue weighted by atomic mass is 35.5. The van der Waals surface area contributed by atoms with Crippen LogP contribution in [-0.4, -0.2) is 33.9 Å². The topological polar surface area (TPSA) is 58.1 Å². The summed E-state index contributed by atoms with van der Waals surface area (Å²) in [6.07, 6.45) is 3.43. The maximum absolute atomic E-state index is 12.6. The Morgan fingerprint density at radius 1 is 1.25 bits per heavy atom. The van der Waals surface area contributed by atoms with Gasteiger partial charge in [0.25, 0.3) is 5.91 Å². The van der Waals surface area contributed by atoms with E-state index in [1.165, 1.54) is 6.33 Å². The SMILES string of the molecule is CC1CCN(C(=O)c2cc(Nc3cccc(Cl)c3Cl)ncn2)CC1. The highest BCUT2D eigenvalue weighted by Crippen LogP contribution is 2.31. The van der Waals surface area contributed by atoms with Gasteiger partial charge >= 0.3 is 0 Å². The number of hydrogen-bond donors (Lipinski definition) is 1. The van der Waals surface area contributed by atoms with E-state index in [9.17, 15) is 4.79 Å². The molecule has 126 valence electrons. The van der Waals surface area contributed by atoms with Crippen molar-refractivity contribution >= 4 is 40.6 Å². The number of anilines is 2. The van der Waals surface area contributed by atoms with Gasteiger partial charge in [-0.05, 0) is 30.9 Å². The summed E-state index contributed by atoms with van der Waals surface area (Å²) in [4.78, 5) is 22.7. The van der Waals surface area contributed by atoms with E-state index in [-0.39, 0.29) is 5.91 Å². The summed E-state index contributed by atoms with van der Waals surface area (Å²) in [5.74, 6) is 1.11. The van der Waals surface area contributed by atoms with E-state index >= 15 is 0 Å². The van der Waals surface area contributed by atoms with Gasteiger partial charge in [-0.3, -0.25) is 4.79 Å². The molecule has 2 heterocycles. The van der Waals surface area contributed by atoms with Gasteiger partial charge in [0, 0.05) is 19.2 Å². The third kappa shape index (κ3) is 3.79. The predicted octanol–water partition coefficient (Wildman–Crippen LogP) is 4.40. The molecular formula is C17H18Cl2N4O. The molecule has 5 nitrogen and oxygen atoms in total. The second-order valence-electron chi connectivity index (χ2n) is 5.99. The van der Waals surface area contributed by atoms with Gasteiger partial charge in [-0.1, -0.05) is 36.2 Å². The molecule has 7 heteroatoms. The van der Waals surface area contributed by atoms with Crippen LogP contribution >= 0.6 is 23.2 Å². The fraction of sp³-hybridized carbons (Fsp3) is 0.353. The Morgan fingerprint density at radius 3 is 2.75 bits per heavy atom. The molecule has 0 atom stereocenters. The summed E-state index contributed by atoms with van der Waals surface area (Å²) >= 11 is 12.2. The van der Waals surface area contributed by atoms with E-state index < -0.39 is 0 Å². The van der Waals surface area contributed by atoms with Gasteiger partial charge in [-0.25, -0.2) is 9.97 Å². The van der Waals surface area contributed by atoms with E-state index in [4.69, 9.17) is 23.2 Å². The Morgan fingerprint density at radius 2 is 2.00 bits per heavy atom. The number of halogens is 2. The molecule has 3 rings (SSSR count). The summed E-state index contributed by atoms with van der Waals surface area (Å²) in [7, 11) is 0. The minimum Gasteiger partial charge on any atom is -0.339 e. The minimum absolute atomic E-state index is 0.0652. The predicted molar refractivity (Wildman–Crippen MR) is 96.1 cm³/mol. The molecule has 0 aliphatic carbocycles. The van der Waals surface area contributed by atoms with Crippen LogP contribution in [0.2, 0.25) is 10.0 Å². The summed E-state index contributed by atoms with van der Waals surface area (Å²) in [6.45, 7) is 3.75. The number of rotatable bonds is 3. The summed E-state index contributed by atoms with van der Waals surface area (Å²) in [5, 5.41) is 3.95. The normalized spacial score (nSPS) is 15.4. The number of nitrogens with zero attached hydrogens (tertiary/aromatic N) is 3. The maximum Gasteiger partial charge on any atom is 0.272 e. The minimum atomic E-state index is -0.0652. The Bertz CT molecular complexity index is 745. The lowest BCUT2D eigenvalue weighted by atomic mass is 9.99. The number of piperidine rings is 1. The highest BCUT2D eigenvalue weighted by Gasteiger charge is 2.22. The molecule has 2 aromatic rings. The summed E-state index contributed by atoms with van der Waals surface area (Å²) < 4.78 is 0. The lowest BCUT2D eigenvalue weighted by Crippen LogP contribution is -2.38. The Balaban J connectivity index is 1.76. The van der Waals surface area contributed by atoms with Crippen LogP contribution in [0.1, 0.15) is 30.3 Å². The van der Waals surface area contributed by atoms with Crippen molar-refractivity contribution in [2.45, 2.75) is 19.8 Å².